The van der Waals surface area contributed by atoms with E-state index in [9.17, 15) is 21.6 Å². The van der Waals surface area contributed by atoms with Gasteiger partial charge in [0.2, 0.25) is 20.0 Å². The summed E-state index contributed by atoms with van der Waals surface area (Å²) in [5, 5.41) is 2.83. The minimum absolute atomic E-state index is 0.127. The number of amides is 1. The lowest BCUT2D eigenvalue weighted by Crippen LogP contribution is -2.50. The lowest BCUT2D eigenvalue weighted by atomic mass is 10.2. The Kier molecular flexibility index (Phi) is 7.91. The molecule has 2 aromatic carbocycles. The molecule has 0 spiro atoms. The molecule has 9 nitrogen and oxygen atoms in total. The summed E-state index contributed by atoms with van der Waals surface area (Å²) in [5.74, 6) is -0.288. The number of rotatable bonds is 8. The SMILES string of the molecule is Cc1ccc(S(=O)(=O)N2CCN(CCNC(=O)c3ccc(S(=O)(=O)N(C)C)cc3)CC2)cc1. The number of carbonyl (C=O) groups is 1. The maximum Gasteiger partial charge on any atom is 0.251 e. The van der Waals surface area contributed by atoms with Crippen molar-refractivity contribution in [2.75, 3.05) is 53.4 Å². The van der Waals surface area contributed by atoms with Gasteiger partial charge in [0.15, 0.2) is 0 Å². The standard InChI is InChI=1S/C22H30N4O5S2/c1-18-4-8-21(9-5-18)33(30,31)26-16-14-25(15-17-26)13-12-23-22(27)19-6-10-20(11-7-19)32(28,29)24(2)3/h4-11H,12-17H2,1-3H3,(H,23,27). The van der Waals surface area contributed by atoms with E-state index >= 15 is 0 Å². The van der Waals surface area contributed by atoms with E-state index in [1.54, 1.807) is 24.3 Å². The molecule has 0 aliphatic carbocycles. The third kappa shape index (κ3) is 5.98. The Morgan fingerprint density at radius 2 is 1.42 bits per heavy atom. The third-order valence-electron chi connectivity index (χ3n) is 5.60. The highest BCUT2D eigenvalue weighted by Gasteiger charge is 2.28. The fourth-order valence-electron chi connectivity index (χ4n) is 3.47. The Morgan fingerprint density at radius 3 is 1.97 bits per heavy atom. The van der Waals surface area contributed by atoms with Gasteiger partial charge in [-0.2, -0.15) is 4.31 Å². The Labute approximate surface area is 196 Å². The Morgan fingerprint density at radius 1 is 0.879 bits per heavy atom. The van der Waals surface area contributed by atoms with Crippen molar-refractivity contribution in [3.05, 3.63) is 59.7 Å². The zero-order chi connectivity index (χ0) is 24.2. The summed E-state index contributed by atoms with van der Waals surface area (Å²) in [6.07, 6.45) is 0. The third-order valence-corrected chi connectivity index (χ3v) is 9.34. The van der Waals surface area contributed by atoms with Gasteiger partial charge in [0, 0.05) is 58.9 Å². The number of nitrogens with zero attached hydrogens (tertiary/aromatic N) is 3. The lowest BCUT2D eigenvalue weighted by Gasteiger charge is -2.34. The molecule has 1 saturated heterocycles. The summed E-state index contributed by atoms with van der Waals surface area (Å²) in [6, 6.07) is 12.7. The van der Waals surface area contributed by atoms with Crippen LogP contribution in [0.15, 0.2) is 58.3 Å². The minimum Gasteiger partial charge on any atom is -0.351 e. The molecule has 0 saturated carbocycles. The molecule has 1 aliphatic rings. The van der Waals surface area contributed by atoms with E-state index in [4.69, 9.17) is 0 Å². The van der Waals surface area contributed by atoms with Crippen molar-refractivity contribution >= 4 is 26.0 Å². The van der Waals surface area contributed by atoms with Crippen LogP contribution in [0.2, 0.25) is 0 Å². The zero-order valence-corrected chi connectivity index (χ0v) is 20.7. The maximum atomic E-state index is 12.8. The van der Waals surface area contributed by atoms with Crippen molar-refractivity contribution < 1.29 is 21.6 Å². The molecule has 1 N–H and O–H groups in total. The number of sulfonamides is 2. The van der Waals surface area contributed by atoms with Crippen LogP contribution in [-0.2, 0) is 20.0 Å². The second-order valence-corrected chi connectivity index (χ2v) is 12.2. The fraction of sp³-hybridized carbons (Fsp3) is 0.409. The fourth-order valence-corrected chi connectivity index (χ4v) is 5.80. The van der Waals surface area contributed by atoms with E-state index in [-0.39, 0.29) is 10.8 Å². The quantitative estimate of drug-likeness (QED) is 0.586. The van der Waals surface area contributed by atoms with Gasteiger partial charge < -0.3 is 5.32 Å². The molecular weight excluding hydrogens is 464 g/mol. The van der Waals surface area contributed by atoms with E-state index in [0.717, 1.165) is 9.87 Å². The average molecular weight is 495 g/mol. The van der Waals surface area contributed by atoms with E-state index < -0.39 is 20.0 Å². The van der Waals surface area contributed by atoms with Crippen molar-refractivity contribution in [2.45, 2.75) is 16.7 Å². The van der Waals surface area contributed by atoms with Crippen LogP contribution in [0.5, 0.6) is 0 Å². The zero-order valence-electron chi connectivity index (χ0n) is 19.1. The smallest absolute Gasteiger partial charge is 0.251 e. The van der Waals surface area contributed by atoms with Crippen molar-refractivity contribution in [2.24, 2.45) is 0 Å². The molecule has 0 unspecified atom stereocenters. The van der Waals surface area contributed by atoms with E-state index in [1.807, 2.05) is 6.92 Å². The van der Waals surface area contributed by atoms with Crippen LogP contribution in [0.4, 0.5) is 0 Å². The highest BCUT2D eigenvalue weighted by atomic mass is 32.2. The van der Waals surface area contributed by atoms with E-state index in [2.05, 4.69) is 10.2 Å². The Balaban J connectivity index is 1.47. The van der Waals surface area contributed by atoms with Crippen LogP contribution in [0, 0.1) is 6.92 Å². The highest BCUT2D eigenvalue weighted by molar-refractivity contribution is 7.89. The van der Waals surface area contributed by atoms with E-state index in [1.165, 1.54) is 42.7 Å². The molecular formula is C22H30N4O5S2. The van der Waals surface area contributed by atoms with Crippen LogP contribution in [-0.4, -0.2) is 89.6 Å². The number of hydrogen-bond acceptors (Lipinski definition) is 6. The van der Waals surface area contributed by atoms with Crippen molar-refractivity contribution in [3.63, 3.8) is 0 Å². The predicted molar refractivity (Wildman–Crippen MR) is 126 cm³/mol. The van der Waals surface area contributed by atoms with Crippen LogP contribution in [0.3, 0.4) is 0 Å². The van der Waals surface area contributed by atoms with Crippen molar-refractivity contribution in [1.82, 2.24) is 18.8 Å². The number of piperazine rings is 1. The van der Waals surface area contributed by atoms with Gasteiger partial charge >= 0.3 is 0 Å². The monoisotopic (exact) mass is 494 g/mol. The second-order valence-electron chi connectivity index (χ2n) is 8.13. The molecule has 2 aromatic rings. The van der Waals surface area contributed by atoms with Gasteiger partial charge in [-0.05, 0) is 43.3 Å². The molecule has 0 atom stereocenters. The summed E-state index contributed by atoms with van der Waals surface area (Å²) in [5.41, 5.74) is 1.39. The largest absolute Gasteiger partial charge is 0.351 e. The van der Waals surface area contributed by atoms with Crippen LogP contribution >= 0.6 is 0 Å². The Bertz CT molecular complexity index is 1170. The number of benzene rings is 2. The van der Waals surface area contributed by atoms with Crippen LogP contribution in [0.25, 0.3) is 0 Å². The van der Waals surface area contributed by atoms with Gasteiger partial charge in [-0.15, -0.1) is 0 Å². The molecule has 1 heterocycles. The molecule has 180 valence electrons. The molecule has 0 aromatic heterocycles. The van der Waals surface area contributed by atoms with E-state index in [0.29, 0.717) is 49.7 Å². The van der Waals surface area contributed by atoms with Gasteiger partial charge in [0.1, 0.15) is 0 Å². The van der Waals surface area contributed by atoms with Gasteiger partial charge in [-0.3, -0.25) is 9.69 Å². The van der Waals surface area contributed by atoms with Gasteiger partial charge in [-0.1, -0.05) is 17.7 Å². The summed E-state index contributed by atoms with van der Waals surface area (Å²) >= 11 is 0. The minimum atomic E-state index is -3.54. The lowest BCUT2D eigenvalue weighted by molar-refractivity contribution is 0.0945. The first-order valence-corrected chi connectivity index (χ1v) is 13.5. The van der Waals surface area contributed by atoms with Crippen LogP contribution in [0.1, 0.15) is 15.9 Å². The van der Waals surface area contributed by atoms with Crippen molar-refractivity contribution in [1.29, 1.82) is 0 Å². The van der Waals surface area contributed by atoms with Gasteiger partial charge in [-0.25, -0.2) is 21.1 Å². The molecule has 1 amide bonds. The first-order chi connectivity index (χ1) is 15.5. The molecule has 33 heavy (non-hydrogen) atoms. The number of carbonyl (C=O) groups excluding carboxylic acids is 1. The first kappa shape index (κ1) is 25.3. The topological polar surface area (TPSA) is 107 Å². The number of aryl methyl sites for hydroxylation is 1. The van der Waals surface area contributed by atoms with Crippen molar-refractivity contribution in [3.8, 4) is 0 Å². The predicted octanol–water partition coefficient (Wildman–Crippen LogP) is 0.982. The second kappa shape index (κ2) is 10.3. The normalized spacial score (nSPS) is 16.1. The molecule has 3 rings (SSSR count). The van der Waals surface area contributed by atoms with Crippen LogP contribution < -0.4 is 5.32 Å². The number of hydrogen-bond donors (Lipinski definition) is 1. The maximum absolute atomic E-state index is 12.8. The molecule has 1 aliphatic heterocycles. The van der Waals surface area contributed by atoms with Gasteiger partial charge in [0.05, 0.1) is 9.79 Å². The highest BCUT2D eigenvalue weighted by Crippen LogP contribution is 2.18. The molecule has 0 radical (unpaired) electrons. The molecule has 11 heteroatoms. The van der Waals surface area contributed by atoms with Gasteiger partial charge in [0.25, 0.3) is 5.91 Å². The summed E-state index contributed by atoms with van der Waals surface area (Å²) < 4.78 is 52.4. The number of nitrogens with one attached hydrogen (secondary N) is 1. The Hall–Kier alpha value is -2.31. The summed E-state index contributed by atoms with van der Waals surface area (Å²) in [7, 11) is -4.13. The first-order valence-electron chi connectivity index (χ1n) is 10.6. The average Bonchev–Trinajstić information content (AvgIpc) is 2.79. The molecule has 0 bridgehead atoms. The molecule has 1 fully saturated rings. The summed E-state index contributed by atoms with van der Waals surface area (Å²) in [6.45, 7) is 4.87. The summed E-state index contributed by atoms with van der Waals surface area (Å²) in [4.78, 5) is 14.9.